The maximum atomic E-state index is 12.8. The number of anilines is 1. The highest BCUT2D eigenvalue weighted by molar-refractivity contribution is 6.06. The summed E-state index contributed by atoms with van der Waals surface area (Å²) in [6.07, 6.45) is 4.49. The molecular formula is C27H30N6O3. The van der Waals surface area contributed by atoms with E-state index in [1.807, 2.05) is 36.4 Å². The zero-order valence-electron chi connectivity index (χ0n) is 20.2. The summed E-state index contributed by atoms with van der Waals surface area (Å²) in [6, 6.07) is 17.5. The maximum Gasteiger partial charge on any atom is 0.290 e. The van der Waals surface area contributed by atoms with Gasteiger partial charge in [0.15, 0.2) is 0 Å². The predicted octanol–water partition coefficient (Wildman–Crippen LogP) is 3.37. The lowest BCUT2D eigenvalue weighted by molar-refractivity contribution is -0.122. The predicted molar refractivity (Wildman–Crippen MR) is 140 cm³/mol. The van der Waals surface area contributed by atoms with Gasteiger partial charge in [0.2, 0.25) is 0 Å². The van der Waals surface area contributed by atoms with Gasteiger partial charge in [-0.2, -0.15) is 0 Å². The minimum absolute atomic E-state index is 0.137. The van der Waals surface area contributed by atoms with Crippen LogP contribution in [0.15, 0.2) is 67.0 Å². The lowest BCUT2D eigenvalue weighted by Gasteiger charge is -2.32. The molecule has 2 aromatic carbocycles. The summed E-state index contributed by atoms with van der Waals surface area (Å²) in [6.45, 7) is 5.37. The number of piperazine rings is 1. The fourth-order valence-electron chi connectivity index (χ4n) is 4.11. The van der Waals surface area contributed by atoms with Crippen LogP contribution in [-0.2, 0) is 11.2 Å². The number of likely N-dealkylation sites (N-methyl/N-ethyl adjacent to an activating group) is 1. The summed E-state index contributed by atoms with van der Waals surface area (Å²) in [5.74, 6) is 0.624. The van der Waals surface area contributed by atoms with Crippen molar-refractivity contribution in [2.45, 2.75) is 6.42 Å². The van der Waals surface area contributed by atoms with E-state index in [1.54, 1.807) is 18.5 Å². The van der Waals surface area contributed by atoms with Crippen LogP contribution in [0.3, 0.4) is 0 Å². The molecule has 4 aromatic rings. The lowest BCUT2D eigenvalue weighted by Crippen LogP contribution is -2.45. The van der Waals surface area contributed by atoms with Gasteiger partial charge in [-0.25, -0.2) is 4.98 Å². The number of benzene rings is 2. The number of carbonyl (C=O) groups excluding carboxylic acids is 1. The standard InChI is InChI=1S/C26H28N6O.CH2O2/c1-31-14-16-32(17-15-31)13-10-19-2-5-22(6-3-19)28-26(33)21-4-7-23-24(18-21)30-25(29-23)20-8-11-27-12-9-20;2-1-3/h2-9,11-12,18H,10,13-17H2,1H3,(H,28,33)(H,29,30);1H,(H,2,3). The zero-order valence-corrected chi connectivity index (χ0v) is 20.2. The molecule has 3 N–H and O–H groups in total. The van der Waals surface area contributed by atoms with Crippen molar-refractivity contribution >= 4 is 29.1 Å². The Morgan fingerprint density at radius 3 is 2.44 bits per heavy atom. The van der Waals surface area contributed by atoms with Crippen molar-refractivity contribution in [3.8, 4) is 11.4 Å². The number of rotatable bonds is 6. The second kappa shape index (κ2) is 12.1. The Hall–Kier alpha value is -4.08. The Kier molecular flexibility index (Phi) is 8.38. The number of hydrogen-bond donors (Lipinski definition) is 3. The number of fused-ring (bicyclic) bond motifs is 1. The quantitative estimate of drug-likeness (QED) is 0.358. The number of hydrogen-bond acceptors (Lipinski definition) is 6. The highest BCUT2D eigenvalue weighted by atomic mass is 16.3. The number of nitrogens with one attached hydrogen (secondary N) is 2. The third kappa shape index (κ3) is 6.53. The largest absolute Gasteiger partial charge is 0.483 e. The van der Waals surface area contributed by atoms with E-state index >= 15 is 0 Å². The van der Waals surface area contributed by atoms with Gasteiger partial charge in [-0.05, 0) is 61.5 Å². The van der Waals surface area contributed by atoms with Crippen LogP contribution in [0, 0.1) is 0 Å². The van der Waals surface area contributed by atoms with Gasteiger partial charge in [0.1, 0.15) is 5.82 Å². The molecule has 3 heterocycles. The fraction of sp³-hybridized carbons (Fsp3) is 0.259. The van der Waals surface area contributed by atoms with Gasteiger partial charge in [-0.1, -0.05) is 12.1 Å². The van der Waals surface area contributed by atoms with Crippen molar-refractivity contribution in [2.24, 2.45) is 0 Å². The summed E-state index contributed by atoms with van der Waals surface area (Å²) in [5, 5.41) is 9.89. The first-order chi connectivity index (χ1) is 17.6. The van der Waals surface area contributed by atoms with E-state index in [0.29, 0.717) is 5.56 Å². The molecule has 1 aliphatic heterocycles. The molecule has 5 rings (SSSR count). The molecule has 0 spiro atoms. The van der Waals surface area contributed by atoms with Gasteiger partial charge in [0, 0.05) is 61.9 Å². The molecule has 2 aromatic heterocycles. The number of imidazole rings is 1. The molecule has 0 atom stereocenters. The van der Waals surface area contributed by atoms with Crippen LogP contribution >= 0.6 is 0 Å². The number of carboxylic acid groups (broad SMARTS) is 1. The molecular weight excluding hydrogens is 456 g/mol. The zero-order chi connectivity index (χ0) is 25.3. The van der Waals surface area contributed by atoms with Gasteiger partial charge in [0.25, 0.3) is 12.4 Å². The first kappa shape index (κ1) is 25.0. The number of nitrogens with zero attached hydrogens (tertiary/aromatic N) is 4. The molecule has 1 aliphatic rings. The van der Waals surface area contributed by atoms with E-state index in [2.05, 4.69) is 49.2 Å². The van der Waals surface area contributed by atoms with Gasteiger partial charge in [-0.3, -0.25) is 14.6 Å². The molecule has 0 bridgehead atoms. The van der Waals surface area contributed by atoms with Crippen molar-refractivity contribution in [3.05, 3.63) is 78.1 Å². The molecule has 1 amide bonds. The third-order valence-electron chi connectivity index (χ3n) is 6.22. The summed E-state index contributed by atoms with van der Waals surface area (Å²) < 4.78 is 0. The first-order valence-corrected chi connectivity index (χ1v) is 11.8. The van der Waals surface area contributed by atoms with Crippen LogP contribution in [0.5, 0.6) is 0 Å². The Morgan fingerprint density at radius 1 is 1.06 bits per heavy atom. The van der Waals surface area contributed by atoms with Crippen LogP contribution in [0.2, 0.25) is 0 Å². The molecule has 1 fully saturated rings. The smallest absolute Gasteiger partial charge is 0.290 e. The van der Waals surface area contributed by atoms with Gasteiger partial charge < -0.3 is 25.2 Å². The summed E-state index contributed by atoms with van der Waals surface area (Å²) >= 11 is 0. The normalized spacial score (nSPS) is 14.1. The van der Waals surface area contributed by atoms with Crippen molar-refractivity contribution in [3.63, 3.8) is 0 Å². The highest BCUT2D eigenvalue weighted by Crippen LogP contribution is 2.21. The van der Waals surface area contributed by atoms with Gasteiger partial charge >= 0.3 is 0 Å². The highest BCUT2D eigenvalue weighted by Gasteiger charge is 2.14. The van der Waals surface area contributed by atoms with Crippen molar-refractivity contribution in [2.75, 3.05) is 45.1 Å². The number of aromatic nitrogens is 3. The topological polar surface area (TPSA) is 114 Å². The molecule has 1 saturated heterocycles. The fourth-order valence-corrected chi connectivity index (χ4v) is 4.11. The molecule has 186 valence electrons. The lowest BCUT2D eigenvalue weighted by atomic mass is 10.1. The molecule has 0 radical (unpaired) electrons. The minimum atomic E-state index is -0.250. The Balaban J connectivity index is 0.000000967. The molecule has 0 aliphatic carbocycles. The molecule has 36 heavy (non-hydrogen) atoms. The van der Waals surface area contributed by atoms with Crippen molar-refractivity contribution in [1.82, 2.24) is 24.8 Å². The van der Waals surface area contributed by atoms with E-state index in [-0.39, 0.29) is 12.4 Å². The average molecular weight is 487 g/mol. The molecule has 9 nitrogen and oxygen atoms in total. The Morgan fingerprint density at radius 2 is 1.75 bits per heavy atom. The maximum absolute atomic E-state index is 12.8. The van der Waals surface area contributed by atoms with Gasteiger partial charge in [0.05, 0.1) is 11.0 Å². The summed E-state index contributed by atoms with van der Waals surface area (Å²) in [4.78, 5) is 38.0. The number of carbonyl (C=O) groups is 2. The van der Waals surface area contributed by atoms with Crippen LogP contribution in [-0.4, -0.2) is 82.0 Å². The van der Waals surface area contributed by atoms with E-state index in [9.17, 15) is 4.79 Å². The van der Waals surface area contributed by atoms with E-state index < -0.39 is 0 Å². The number of aromatic amines is 1. The third-order valence-corrected chi connectivity index (χ3v) is 6.22. The molecule has 9 heteroatoms. The van der Waals surface area contributed by atoms with Crippen molar-refractivity contribution in [1.29, 1.82) is 0 Å². The summed E-state index contributed by atoms with van der Waals surface area (Å²) in [7, 11) is 2.18. The number of pyridine rings is 1. The summed E-state index contributed by atoms with van der Waals surface area (Å²) in [5.41, 5.74) is 5.28. The van der Waals surface area contributed by atoms with Crippen LogP contribution in [0.4, 0.5) is 5.69 Å². The Labute approximate surface area is 209 Å². The van der Waals surface area contributed by atoms with Crippen molar-refractivity contribution < 1.29 is 14.7 Å². The van der Waals surface area contributed by atoms with Crippen LogP contribution < -0.4 is 5.32 Å². The van der Waals surface area contributed by atoms with E-state index in [4.69, 9.17) is 9.90 Å². The second-order valence-corrected chi connectivity index (χ2v) is 8.70. The van der Waals surface area contributed by atoms with Crippen LogP contribution in [0.25, 0.3) is 22.4 Å². The first-order valence-electron chi connectivity index (χ1n) is 11.8. The van der Waals surface area contributed by atoms with E-state index in [0.717, 1.165) is 67.3 Å². The molecule has 0 unspecified atom stereocenters. The molecule has 0 saturated carbocycles. The van der Waals surface area contributed by atoms with E-state index in [1.165, 1.54) is 5.56 Å². The SMILES string of the molecule is CN1CCN(CCc2ccc(NC(=O)c3ccc4nc(-c5ccncc5)[nH]c4c3)cc2)CC1.O=CO. The number of amides is 1. The second-order valence-electron chi connectivity index (χ2n) is 8.70. The monoisotopic (exact) mass is 486 g/mol. The number of H-pyrrole nitrogens is 1. The Bertz CT molecular complexity index is 1280. The minimum Gasteiger partial charge on any atom is -0.483 e. The van der Waals surface area contributed by atoms with Crippen LogP contribution in [0.1, 0.15) is 15.9 Å². The van der Waals surface area contributed by atoms with Gasteiger partial charge in [-0.15, -0.1) is 0 Å². The average Bonchev–Trinajstić information content (AvgIpc) is 3.34.